The zero-order chi connectivity index (χ0) is 15.7. The SMILES string of the molecule is CCOC(=O)CCNC(=O)NCOc1ccc(C)cc1C. The normalized spacial score (nSPS) is 9.86. The minimum Gasteiger partial charge on any atom is -0.473 e. The zero-order valence-corrected chi connectivity index (χ0v) is 12.7. The third-order valence-electron chi connectivity index (χ3n) is 2.71. The molecule has 6 heteroatoms. The van der Waals surface area contributed by atoms with Crippen LogP contribution in [0.3, 0.4) is 0 Å². The molecule has 0 aliphatic carbocycles. The molecule has 0 aliphatic rings. The highest BCUT2D eigenvalue weighted by Crippen LogP contribution is 2.18. The summed E-state index contributed by atoms with van der Waals surface area (Å²) in [5.41, 5.74) is 2.17. The molecule has 0 aromatic heterocycles. The van der Waals surface area contributed by atoms with Crippen molar-refractivity contribution in [3.63, 3.8) is 0 Å². The van der Waals surface area contributed by atoms with Crippen molar-refractivity contribution >= 4 is 12.0 Å². The minimum absolute atomic E-state index is 0.0646. The van der Waals surface area contributed by atoms with Crippen LogP contribution in [0.4, 0.5) is 4.79 Å². The molecule has 0 atom stereocenters. The number of carbonyl (C=O) groups is 2. The van der Waals surface area contributed by atoms with E-state index in [0.29, 0.717) is 6.61 Å². The monoisotopic (exact) mass is 294 g/mol. The van der Waals surface area contributed by atoms with Crippen molar-refractivity contribution in [3.05, 3.63) is 29.3 Å². The van der Waals surface area contributed by atoms with E-state index in [9.17, 15) is 9.59 Å². The van der Waals surface area contributed by atoms with Gasteiger partial charge < -0.3 is 20.1 Å². The molecule has 0 aliphatic heterocycles. The van der Waals surface area contributed by atoms with Gasteiger partial charge in [-0.05, 0) is 32.4 Å². The van der Waals surface area contributed by atoms with E-state index in [1.165, 1.54) is 0 Å². The highest BCUT2D eigenvalue weighted by molar-refractivity contribution is 5.75. The number of aryl methyl sites for hydroxylation is 2. The Morgan fingerprint density at radius 1 is 1.19 bits per heavy atom. The van der Waals surface area contributed by atoms with Crippen molar-refractivity contribution in [1.29, 1.82) is 0 Å². The van der Waals surface area contributed by atoms with Gasteiger partial charge in [0.2, 0.25) is 0 Å². The fourth-order valence-electron chi connectivity index (χ4n) is 1.71. The molecule has 0 heterocycles. The number of hydrogen-bond donors (Lipinski definition) is 2. The number of urea groups is 1. The lowest BCUT2D eigenvalue weighted by Gasteiger charge is -2.11. The molecule has 1 aromatic rings. The van der Waals surface area contributed by atoms with E-state index in [0.717, 1.165) is 16.9 Å². The molecule has 0 saturated carbocycles. The summed E-state index contributed by atoms with van der Waals surface area (Å²) in [5.74, 6) is 0.400. The van der Waals surface area contributed by atoms with E-state index < -0.39 is 0 Å². The first-order chi connectivity index (χ1) is 10.0. The summed E-state index contributed by atoms with van der Waals surface area (Å²) >= 11 is 0. The molecule has 1 aromatic carbocycles. The van der Waals surface area contributed by atoms with Gasteiger partial charge in [0.15, 0.2) is 6.73 Å². The van der Waals surface area contributed by atoms with Crippen LogP contribution in [-0.4, -0.2) is 31.9 Å². The van der Waals surface area contributed by atoms with Crippen molar-refractivity contribution in [1.82, 2.24) is 10.6 Å². The highest BCUT2D eigenvalue weighted by atomic mass is 16.5. The molecule has 116 valence electrons. The molecule has 0 fully saturated rings. The Hall–Kier alpha value is -2.24. The maximum atomic E-state index is 11.5. The van der Waals surface area contributed by atoms with Crippen molar-refractivity contribution in [3.8, 4) is 5.75 Å². The number of amides is 2. The number of rotatable bonds is 7. The van der Waals surface area contributed by atoms with Crippen LogP contribution in [-0.2, 0) is 9.53 Å². The van der Waals surface area contributed by atoms with Crippen molar-refractivity contribution in [2.75, 3.05) is 19.9 Å². The Morgan fingerprint density at radius 2 is 1.95 bits per heavy atom. The standard InChI is InChI=1S/C15H22N2O4/c1-4-20-14(18)7-8-16-15(19)17-10-21-13-6-5-11(2)9-12(13)3/h5-6,9H,4,7-8,10H2,1-3H3,(H2,16,17,19). The van der Waals surface area contributed by atoms with E-state index in [4.69, 9.17) is 9.47 Å². The Kier molecular flexibility index (Phi) is 7.08. The highest BCUT2D eigenvalue weighted by Gasteiger charge is 2.04. The molecule has 0 bridgehead atoms. The molecule has 6 nitrogen and oxygen atoms in total. The summed E-state index contributed by atoms with van der Waals surface area (Å²) in [6.07, 6.45) is 0.152. The average molecular weight is 294 g/mol. The second-order valence-corrected chi connectivity index (χ2v) is 4.55. The summed E-state index contributed by atoms with van der Waals surface area (Å²) in [7, 11) is 0. The lowest BCUT2D eigenvalue weighted by atomic mass is 10.1. The molecular formula is C15H22N2O4. The number of hydrogen-bond acceptors (Lipinski definition) is 4. The fraction of sp³-hybridized carbons (Fsp3) is 0.467. The largest absolute Gasteiger partial charge is 0.473 e. The van der Waals surface area contributed by atoms with E-state index in [2.05, 4.69) is 10.6 Å². The second kappa shape index (κ2) is 8.84. The van der Waals surface area contributed by atoms with Crippen molar-refractivity contribution < 1.29 is 19.1 Å². The maximum absolute atomic E-state index is 11.5. The van der Waals surface area contributed by atoms with Gasteiger partial charge in [-0.15, -0.1) is 0 Å². The molecule has 2 N–H and O–H groups in total. The van der Waals surface area contributed by atoms with Gasteiger partial charge in [-0.3, -0.25) is 4.79 Å². The summed E-state index contributed by atoms with van der Waals surface area (Å²) in [6, 6.07) is 5.44. The maximum Gasteiger partial charge on any atom is 0.317 e. The Balaban J connectivity index is 2.20. The van der Waals surface area contributed by atoms with Crippen molar-refractivity contribution in [2.24, 2.45) is 0 Å². The Labute approximate surface area is 124 Å². The van der Waals surface area contributed by atoms with Crippen LogP contribution < -0.4 is 15.4 Å². The Morgan fingerprint density at radius 3 is 2.62 bits per heavy atom. The molecule has 0 unspecified atom stereocenters. The number of benzene rings is 1. The van der Waals surface area contributed by atoms with Gasteiger partial charge in [0.1, 0.15) is 5.75 Å². The van der Waals surface area contributed by atoms with Gasteiger partial charge in [0.25, 0.3) is 0 Å². The first kappa shape index (κ1) is 16.8. The van der Waals surface area contributed by atoms with E-state index in [1.807, 2.05) is 32.0 Å². The third kappa shape index (κ3) is 6.65. The van der Waals surface area contributed by atoms with E-state index >= 15 is 0 Å². The predicted molar refractivity (Wildman–Crippen MR) is 79.2 cm³/mol. The first-order valence-corrected chi connectivity index (χ1v) is 6.90. The molecule has 0 saturated heterocycles. The zero-order valence-electron chi connectivity index (χ0n) is 12.7. The van der Waals surface area contributed by atoms with Gasteiger partial charge in [-0.2, -0.15) is 0 Å². The second-order valence-electron chi connectivity index (χ2n) is 4.55. The topological polar surface area (TPSA) is 76.7 Å². The number of nitrogens with one attached hydrogen (secondary N) is 2. The third-order valence-corrected chi connectivity index (χ3v) is 2.71. The predicted octanol–water partition coefficient (Wildman–Crippen LogP) is 1.89. The smallest absolute Gasteiger partial charge is 0.317 e. The Bertz CT molecular complexity index is 489. The summed E-state index contributed by atoms with van der Waals surface area (Å²) in [4.78, 5) is 22.5. The van der Waals surface area contributed by atoms with E-state index in [1.54, 1.807) is 6.92 Å². The van der Waals surface area contributed by atoms with Crippen LogP contribution in [0, 0.1) is 13.8 Å². The number of carbonyl (C=O) groups excluding carboxylic acids is 2. The average Bonchev–Trinajstić information content (AvgIpc) is 2.41. The molecule has 21 heavy (non-hydrogen) atoms. The number of ether oxygens (including phenoxy) is 2. The quantitative estimate of drug-likeness (QED) is 0.595. The van der Waals surface area contributed by atoms with Gasteiger partial charge >= 0.3 is 12.0 Å². The van der Waals surface area contributed by atoms with Gasteiger partial charge in [0.05, 0.1) is 13.0 Å². The van der Waals surface area contributed by atoms with Crippen LogP contribution in [0.15, 0.2) is 18.2 Å². The number of esters is 1. The fourth-order valence-corrected chi connectivity index (χ4v) is 1.71. The van der Waals surface area contributed by atoms with Crippen molar-refractivity contribution in [2.45, 2.75) is 27.2 Å². The summed E-state index contributed by atoms with van der Waals surface area (Å²) < 4.78 is 10.2. The molecule has 0 spiro atoms. The summed E-state index contributed by atoms with van der Waals surface area (Å²) in [5, 5.41) is 5.11. The van der Waals surface area contributed by atoms with Crippen LogP contribution in [0.1, 0.15) is 24.5 Å². The lowest BCUT2D eigenvalue weighted by Crippen LogP contribution is -2.38. The molecule has 0 radical (unpaired) electrons. The van der Waals surface area contributed by atoms with Crippen LogP contribution in [0.2, 0.25) is 0 Å². The van der Waals surface area contributed by atoms with Gasteiger partial charge in [-0.1, -0.05) is 17.7 Å². The van der Waals surface area contributed by atoms with Crippen LogP contribution in [0.5, 0.6) is 5.75 Å². The van der Waals surface area contributed by atoms with Gasteiger partial charge in [-0.25, -0.2) is 4.79 Å². The van der Waals surface area contributed by atoms with Crippen LogP contribution in [0.25, 0.3) is 0 Å². The minimum atomic E-state index is -0.385. The van der Waals surface area contributed by atoms with Crippen LogP contribution >= 0.6 is 0 Å². The molecule has 2 amide bonds. The lowest BCUT2D eigenvalue weighted by molar-refractivity contribution is -0.142. The van der Waals surface area contributed by atoms with Gasteiger partial charge in [0, 0.05) is 6.54 Å². The molecule has 1 rings (SSSR count). The summed E-state index contributed by atoms with van der Waals surface area (Å²) in [6.45, 7) is 6.33. The first-order valence-electron chi connectivity index (χ1n) is 6.90. The van der Waals surface area contributed by atoms with E-state index in [-0.39, 0.29) is 31.7 Å². The molecular weight excluding hydrogens is 272 g/mol.